The van der Waals surface area contributed by atoms with Crippen LogP contribution in [-0.2, 0) is 27.5 Å². The summed E-state index contributed by atoms with van der Waals surface area (Å²) in [5, 5.41) is 6.20. The number of carbonyl (C=O) groups is 1. The van der Waals surface area contributed by atoms with Gasteiger partial charge in [0.2, 0.25) is 15.9 Å². The van der Waals surface area contributed by atoms with E-state index >= 15 is 0 Å². The lowest BCUT2D eigenvalue weighted by atomic mass is 9.76. The molecular formula is C28H32F4N4O3S. The van der Waals surface area contributed by atoms with Gasteiger partial charge in [-0.2, -0.15) is 17.5 Å². The molecule has 2 aromatic carbocycles. The molecular weight excluding hydrogens is 548 g/mol. The topological polar surface area (TPSA) is 90.9 Å². The Morgan fingerprint density at radius 2 is 1.73 bits per heavy atom. The van der Waals surface area contributed by atoms with Crippen LogP contribution in [0.4, 0.5) is 17.6 Å². The number of fused-ring (bicyclic) bond motifs is 1. The molecule has 6 rings (SSSR count). The first-order chi connectivity index (χ1) is 18.6. The molecule has 3 fully saturated rings. The summed E-state index contributed by atoms with van der Waals surface area (Å²) in [5.41, 5.74) is -2.09. The van der Waals surface area contributed by atoms with Crippen molar-refractivity contribution in [1.82, 2.24) is 14.9 Å². The molecule has 2 N–H and O–H groups in total. The lowest BCUT2D eigenvalue weighted by Crippen LogP contribution is -2.57. The SMILES string of the molecule is CC(C)NC(=O)[C@@]1(C)CN=C([C@H]2CC3(N(Cc4ccc(C(F)(F)F)cc4)S(=O)(=O)c4ccc(F)cc4)CC2C3)N1. The van der Waals surface area contributed by atoms with E-state index in [9.17, 15) is 30.8 Å². The summed E-state index contributed by atoms with van der Waals surface area (Å²) in [5.74, 6) is -0.0121. The lowest BCUT2D eigenvalue weighted by molar-refractivity contribution is -0.137. The van der Waals surface area contributed by atoms with Gasteiger partial charge in [-0.3, -0.25) is 9.79 Å². The summed E-state index contributed by atoms with van der Waals surface area (Å²) in [7, 11) is -4.14. The Morgan fingerprint density at radius 3 is 2.30 bits per heavy atom. The average molecular weight is 581 g/mol. The van der Waals surface area contributed by atoms with Gasteiger partial charge in [-0.05, 0) is 87.9 Å². The smallest absolute Gasteiger partial charge is 0.358 e. The molecule has 3 aliphatic carbocycles. The first kappa shape index (κ1) is 28.5. The molecule has 4 aliphatic rings. The molecule has 12 heteroatoms. The fourth-order valence-electron chi connectivity index (χ4n) is 6.14. The maximum Gasteiger partial charge on any atom is 0.416 e. The standard InChI is InChI=1S/C28H32F4N4O3S/c1-17(2)34-25(37)26(3)16-33-24(35-26)23-14-27(12-19(23)13-27)36(40(38,39)22-10-8-21(29)9-11-22)15-18-4-6-20(7-5-18)28(30,31)32/h4-11,17,19,23H,12-16H2,1-3H3,(H,33,35)(H,34,37)/t19?,23-,26+,27?/m0/s1. The summed E-state index contributed by atoms with van der Waals surface area (Å²) in [4.78, 5) is 17.3. The molecule has 1 amide bonds. The quantitative estimate of drug-likeness (QED) is 0.451. The van der Waals surface area contributed by atoms with Crippen LogP contribution in [0.5, 0.6) is 0 Å². The second kappa shape index (κ2) is 9.83. The van der Waals surface area contributed by atoms with E-state index in [2.05, 4.69) is 15.6 Å². The molecule has 2 aromatic rings. The Kier molecular flexibility index (Phi) is 7.01. The van der Waals surface area contributed by atoms with Crippen molar-refractivity contribution in [3.63, 3.8) is 0 Å². The zero-order chi connectivity index (χ0) is 29.1. The molecule has 1 aliphatic heterocycles. The number of amidine groups is 1. The summed E-state index contributed by atoms with van der Waals surface area (Å²) in [6.07, 6.45) is -2.96. The van der Waals surface area contributed by atoms with Crippen molar-refractivity contribution in [1.29, 1.82) is 0 Å². The third-order valence-corrected chi connectivity index (χ3v) is 10.2. The Bertz CT molecular complexity index is 1420. The molecule has 0 unspecified atom stereocenters. The van der Waals surface area contributed by atoms with Gasteiger partial charge in [-0.15, -0.1) is 0 Å². The Balaban J connectivity index is 1.42. The van der Waals surface area contributed by atoms with E-state index in [0.717, 1.165) is 24.3 Å². The number of sulfonamides is 1. The Labute approximate surface area is 231 Å². The number of alkyl halides is 3. The highest BCUT2D eigenvalue weighted by molar-refractivity contribution is 7.89. The molecule has 216 valence electrons. The van der Waals surface area contributed by atoms with Crippen LogP contribution in [0.3, 0.4) is 0 Å². The van der Waals surface area contributed by atoms with Crippen LogP contribution in [0.15, 0.2) is 58.4 Å². The van der Waals surface area contributed by atoms with E-state index in [-0.39, 0.29) is 41.8 Å². The molecule has 0 aromatic heterocycles. The van der Waals surface area contributed by atoms with Gasteiger partial charge in [0, 0.05) is 24.0 Å². The predicted molar refractivity (Wildman–Crippen MR) is 141 cm³/mol. The molecule has 0 spiro atoms. The van der Waals surface area contributed by atoms with Crippen LogP contribution in [0.2, 0.25) is 0 Å². The number of nitrogens with zero attached hydrogens (tertiary/aromatic N) is 2. The van der Waals surface area contributed by atoms with E-state index in [0.29, 0.717) is 30.7 Å². The normalized spacial score (nSPS) is 27.9. The number of carbonyl (C=O) groups excluding carboxylic acids is 1. The highest BCUT2D eigenvalue weighted by atomic mass is 32.2. The van der Waals surface area contributed by atoms with Crippen LogP contribution in [0, 0.1) is 17.7 Å². The molecule has 0 radical (unpaired) electrons. The number of hydrogen-bond donors (Lipinski definition) is 2. The summed E-state index contributed by atoms with van der Waals surface area (Å²) >= 11 is 0. The summed E-state index contributed by atoms with van der Waals surface area (Å²) in [6, 6.07) is 8.97. The predicted octanol–water partition coefficient (Wildman–Crippen LogP) is 4.49. The van der Waals surface area contributed by atoms with Gasteiger partial charge in [-0.1, -0.05) is 12.1 Å². The maximum absolute atomic E-state index is 13.9. The molecule has 2 bridgehead atoms. The number of aliphatic imine (C=N–C) groups is 1. The van der Waals surface area contributed by atoms with E-state index < -0.39 is 38.7 Å². The molecule has 7 nitrogen and oxygen atoms in total. The molecule has 40 heavy (non-hydrogen) atoms. The molecule has 1 heterocycles. The van der Waals surface area contributed by atoms with E-state index in [1.165, 1.54) is 28.6 Å². The number of nitrogens with one attached hydrogen (secondary N) is 2. The third kappa shape index (κ3) is 5.11. The van der Waals surface area contributed by atoms with Crippen molar-refractivity contribution in [3.8, 4) is 0 Å². The van der Waals surface area contributed by atoms with Crippen LogP contribution in [0.25, 0.3) is 0 Å². The maximum atomic E-state index is 13.9. The van der Waals surface area contributed by atoms with Crippen LogP contribution in [-0.4, -0.2) is 48.1 Å². The van der Waals surface area contributed by atoms with Gasteiger partial charge < -0.3 is 10.6 Å². The molecule has 3 saturated carbocycles. The Hall–Kier alpha value is -2.99. The second-order valence-corrected chi connectivity index (χ2v) is 13.5. The number of halogens is 4. The van der Waals surface area contributed by atoms with Gasteiger partial charge in [0.05, 0.1) is 17.0 Å². The minimum absolute atomic E-state index is 0.0341. The van der Waals surface area contributed by atoms with Crippen LogP contribution in [0.1, 0.15) is 51.2 Å². The van der Waals surface area contributed by atoms with Gasteiger partial charge in [0.15, 0.2) is 0 Å². The number of amides is 1. The number of hydrogen-bond acceptors (Lipinski definition) is 5. The fourth-order valence-corrected chi connectivity index (χ4v) is 7.93. The third-order valence-electron chi connectivity index (χ3n) is 8.23. The molecule has 2 atom stereocenters. The number of benzene rings is 2. The molecule has 0 saturated heterocycles. The zero-order valence-electron chi connectivity index (χ0n) is 22.4. The zero-order valence-corrected chi connectivity index (χ0v) is 23.2. The minimum Gasteiger partial charge on any atom is -0.358 e. The second-order valence-electron chi connectivity index (χ2n) is 11.7. The largest absolute Gasteiger partial charge is 0.416 e. The average Bonchev–Trinajstić information content (AvgIpc) is 3.54. The van der Waals surface area contributed by atoms with E-state index in [1.807, 2.05) is 13.8 Å². The van der Waals surface area contributed by atoms with Gasteiger partial charge in [0.1, 0.15) is 17.2 Å². The number of rotatable bonds is 8. The van der Waals surface area contributed by atoms with Crippen molar-refractivity contribution < 1.29 is 30.8 Å². The van der Waals surface area contributed by atoms with Crippen LogP contribution < -0.4 is 10.6 Å². The van der Waals surface area contributed by atoms with Crippen LogP contribution >= 0.6 is 0 Å². The first-order valence-corrected chi connectivity index (χ1v) is 14.7. The fraction of sp³-hybridized carbons (Fsp3) is 0.500. The highest BCUT2D eigenvalue weighted by Crippen LogP contribution is 2.60. The first-order valence-electron chi connectivity index (χ1n) is 13.2. The monoisotopic (exact) mass is 580 g/mol. The highest BCUT2D eigenvalue weighted by Gasteiger charge is 2.63. The van der Waals surface area contributed by atoms with Gasteiger partial charge in [0.25, 0.3) is 0 Å². The van der Waals surface area contributed by atoms with Crippen molar-refractivity contribution in [2.24, 2.45) is 16.8 Å². The van der Waals surface area contributed by atoms with Gasteiger partial charge in [-0.25, -0.2) is 12.8 Å². The lowest BCUT2D eigenvalue weighted by Gasteiger charge is -2.46. The van der Waals surface area contributed by atoms with Crippen molar-refractivity contribution >= 4 is 21.8 Å². The van der Waals surface area contributed by atoms with Crippen molar-refractivity contribution in [3.05, 3.63) is 65.5 Å². The summed E-state index contributed by atoms with van der Waals surface area (Å²) < 4.78 is 82.2. The Morgan fingerprint density at radius 1 is 1.10 bits per heavy atom. The summed E-state index contributed by atoms with van der Waals surface area (Å²) in [6.45, 7) is 5.67. The van der Waals surface area contributed by atoms with Crippen molar-refractivity contribution in [2.75, 3.05) is 6.54 Å². The van der Waals surface area contributed by atoms with Gasteiger partial charge >= 0.3 is 6.18 Å². The van der Waals surface area contributed by atoms with E-state index in [4.69, 9.17) is 0 Å². The minimum atomic E-state index is -4.51. The van der Waals surface area contributed by atoms with Crippen molar-refractivity contribution in [2.45, 2.75) is 74.8 Å². The van der Waals surface area contributed by atoms with E-state index in [1.54, 1.807) is 6.92 Å².